The number of nitrogens with zero attached hydrogens (tertiary/aromatic N) is 1. The number of halogens is 1. The molecule has 0 radical (unpaired) electrons. The summed E-state index contributed by atoms with van der Waals surface area (Å²) in [6.07, 6.45) is 5.55. The summed E-state index contributed by atoms with van der Waals surface area (Å²) >= 11 is 0. The largest absolute Gasteiger partial charge is 0.466 e. The van der Waals surface area contributed by atoms with Crippen molar-refractivity contribution in [3.63, 3.8) is 0 Å². The van der Waals surface area contributed by atoms with Crippen LogP contribution >= 0.6 is 24.0 Å². The maximum absolute atomic E-state index is 11.2. The summed E-state index contributed by atoms with van der Waals surface area (Å²) in [5, 5.41) is 6.54. The van der Waals surface area contributed by atoms with E-state index in [0.717, 1.165) is 51.2 Å². The lowest BCUT2D eigenvalue weighted by Gasteiger charge is -2.12. The van der Waals surface area contributed by atoms with Gasteiger partial charge in [-0.15, -0.1) is 24.0 Å². The first kappa shape index (κ1) is 26.6. The van der Waals surface area contributed by atoms with E-state index in [1.165, 1.54) is 0 Å². The van der Waals surface area contributed by atoms with Gasteiger partial charge in [0.1, 0.15) is 0 Å². The van der Waals surface area contributed by atoms with Gasteiger partial charge in [-0.25, -0.2) is 0 Å². The Kier molecular flexibility index (Phi) is 22.8. The fraction of sp³-hybridized carbons (Fsp3) is 0.882. The summed E-state index contributed by atoms with van der Waals surface area (Å²) in [5.41, 5.74) is 0. The molecule has 0 spiro atoms. The lowest BCUT2D eigenvalue weighted by atomic mass is 10.1. The Balaban J connectivity index is 0. The molecule has 8 heteroatoms. The second-order valence-corrected chi connectivity index (χ2v) is 5.35. The summed E-state index contributed by atoms with van der Waals surface area (Å²) in [7, 11) is 3.44. The highest BCUT2D eigenvalue weighted by atomic mass is 127. The standard InChI is InChI=1S/C17H35N3O4.HI/c1-4-24-16(21)10-7-5-6-8-11-19-17(18-2)20-12-9-13-23-15-14-22-3;/h4-15H2,1-3H3,(H2,18,19,20);1H. The Bertz CT molecular complexity index is 331. The van der Waals surface area contributed by atoms with E-state index in [4.69, 9.17) is 14.2 Å². The molecule has 0 aliphatic heterocycles. The van der Waals surface area contributed by atoms with E-state index < -0.39 is 0 Å². The number of carbonyl (C=O) groups excluding carboxylic acids is 1. The zero-order chi connectivity index (χ0) is 17.9. The highest BCUT2D eigenvalue weighted by Crippen LogP contribution is 2.03. The maximum Gasteiger partial charge on any atom is 0.305 e. The molecule has 0 bridgehead atoms. The number of methoxy groups -OCH3 is 1. The summed E-state index contributed by atoms with van der Waals surface area (Å²) in [4.78, 5) is 15.4. The first-order chi connectivity index (χ1) is 11.7. The number of esters is 1. The van der Waals surface area contributed by atoms with Crippen molar-refractivity contribution in [3.8, 4) is 0 Å². The first-order valence-electron chi connectivity index (χ1n) is 8.91. The quantitative estimate of drug-likeness (QED) is 0.125. The van der Waals surface area contributed by atoms with Crippen molar-refractivity contribution in [1.82, 2.24) is 10.6 Å². The topological polar surface area (TPSA) is 81.2 Å². The van der Waals surface area contributed by atoms with Crippen LogP contribution < -0.4 is 10.6 Å². The normalized spacial score (nSPS) is 10.9. The Labute approximate surface area is 169 Å². The molecular weight excluding hydrogens is 437 g/mol. The van der Waals surface area contributed by atoms with E-state index in [-0.39, 0.29) is 29.9 Å². The molecule has 2 N–H and O–H groups in total. The van der Waals surface area contributed by atoms with Crippen LogP contribution in [0.5, 0.6) is 0 Å². The predicted molar refractivity (Wildman–Crippen MR) is 112 cm³/mol. The number of unbranched alkanes of at least 4 members (excludes halogenated alkanes) is 3. The average Bonchev–Trinajstić information content (AvgIpc) is 2.58. The SMILES string of the molecule is CCOC(=O)CCCCCCNC(=NC)NCCCOCCOC.I. The molecule has 0 aromatic carbocycles. The first-order valence-corrected chi connectivity index (χ1v) is 8.91. The molecule has 0 saturated carbocycles. The fourth-order valence-electron chi connectivity index (χ4n) is 2.03. The second kappa shape index (κ2) is 21.4. The van der Waals surface area contributed by atoms with Gasteiger partial charge in [0.2, 0.25) is 0 Å². The summed E-state index contributed by atoms with van der Waals surface area (Å²) < 4.78 is 15.2. The molecule has 0 aliphatic rings. The molecule has 0 amide bonds. The van der Waals surface area contributed by atoms with E-state index in [9.17, 15) is 4.79 Å². The Morgan fingerprint density at radius 1 is 0.960 bits per heavy atom. The summed E-state index contributed by atoms with van der Waals surface area (Å²) in [6, 6.07) is 0. The summed E-state index contributed by atoms with van der Waals surface area (Å²) in [5.74, 6) is 0.727. The van der Waals surface area contributed by atoms with Gasteiger partial charge in [-0.05, 0) is 26.2 Å². The number of rotatable bonds is 15. The van der Waals surface area contributed by atoms with Gasteiger partial charge in [-0.3, -0.25) is 9.79 Å². The van der Waals surface area contributed by atoms with Crippen LogP contribution in [-0.2, 0) is 19.0 Å². The van der Waals surface area contributed by atoms with Crippen molar-refractivity contribution in [2.75, 3.05) is 53.7 Å². The van der Waals surface area contributed by atoms with E-state index in [1.807, 2.05) is 6.92 Å². The highest BCUT2D eigenvalue weighted by Gasteiger charge is 2.01. The number of hydrogen-bond acceptors (Lipinski definition) is 5. The monoisotopic (exact) mass is 473 g/mol. The Morgan fingerprint density at radius 2 is 1.64 bits per heavy atom. The second-order valence-electron chi connectivity index (χ2n) is 5.35. The molecule has 0 aromatic heterocycles. The molecule has 0 fully saturated rings. The van der Waals surface area contributed by atoms with Crippen molar-refractivity contribution < 1.29 is 19.0 Å². The smallest absolute Gasteiger partial charge is 0.305 e. The minimum atomic E-state index is -0.0913. The van der Waals surface area contributed by atoms with E-state index in [2.05, 4.69) is 15.6 Å². The minimum Gasteiger partial charge on any atom is -0.466 e. The molecule has 25 heavy (non-hydrogen) atoms. The van der Waals surface area contributed by atoms with Crippen molar-refractivity contribution in [2.24, 2.45) is 4.99 Å². The van der Waals surface area contributed by atoms with Crippen molar-refractivity contribution >= 4 is 35.9 Å². The van der Waals surface area contributed by atoms with Gasteiger partial charge < -0.3 is 24.8 Å². The van der Waals surface area contributed by atoms with Crippen molar-refractivity contribution in [2.45, 2.75) is 45.4 Å². The molecular formula is C17H36IN3O4. The van der Waals surface area contributed by atoms with Crippen LogP contribution in [0.25, 0.3) is 0 Å². The van der Waals surface area contributed by atoms with Gasteiger partial charge >= 0.3 is 5.97 Å². The van der Waals surface area contributed by atoms with Crippen LogP contribution in [0.2, 0.25) is 0 Å². The maximum atomic E-state index is 11.2. The number of ether oxygens (including phenoxy) is 3. The van der Waals surface area contributed by atoms with E-state index in [0.29, 0.717) is 32.8 Å². The fourth-order valence-corrected chi connectivity index (χ4v) is 2.03. The van der Waals surface area contributed by atoms with Crippen molar-refractivity contribution in [3.05, 3.63) is 0 Å². The van der Waals surface area contributed by atoms with Gasteiger partial charge in [-0.1, -0.05) is 12.8 Å². The van der Waals surface area contributed by atoms with Gasteiger partial charge in [-0.2, -0.15) is 0 Å². The van der Waals surface area contributed by atoms with Crippen LogP contribution in [-0.4, -0.2) is 65.6 Å². The number of hydrogen-bond donors (Lipinski definition) is 2. The van der Waals surface area contributed by atoms with E-state index >= 15 is 0 Å². The molecule has 7 nitrogen and oxygen atoms in total. The molecule has 0 rings (SSSR count). The summed E-state index contributed by atoms with van der Waals surface area (Å²) in [6.45, 7) is 5.99. The third-order valence-corrected chi connectivity index (χ3v) is 3.32. The van der Waals surface area contributed by atoms with Crippen LogP contribution in [0.3, 0.4) is 0 Å². The predicted octanol–water partition coefficient (Wildman–Crippen LogP) is 2.34. The molecule has 150 valence electrons. The Morgan fingerprint density at radius 3 is 2.28 bits per heavy atom. The van der Waals surface area contributed by atoms with Crippen LogP contribution in [0, 0.1) is 0 Å². The van der Waals surface area contributed by atoms with Gasteiger partial charge in [0, 0.05) is 40.3 Å². The molecule has 0 saturated heterocycles. The third kappa shape index (κ3) is 19.6. The number of carbonyl (C=O) groups is 1. The van der Waals surface area contributed by atoms with Gasteiger partial charge in [0.15, 0.2) is 5.96 Å². The van der Waals surface area contributed by atoms with Gasteiger partial charge in [0.25, 0.3) is 0 Å². The Hall–Kier alpha value is -0.610. The van der Waals surface area contributed by atoms with E-state index in [1.54, 1.807) is 14.2 Å². The number of nitrogens with one attached hydrogen (secondary N) is 2. The van der Waals surface area contributed by atoms with Gasteiger partial charge in [0.05, 0.1) is 19.8 Å². The van der Waals surface area contributed by atoms with Crippen LogP contribution in [0.15, 0.2) is 4.99 Å². The van der Waals surface area contributed by atoms with Crippen LogP contribution in [0.1, 0.15) is 45.4 Å². The van der Waals surface area contributed by atoms with Crippen molar-refractivity contribution in [1.29, 1.82) is 0 Å². The highest BCUT2D eigenvalue weighted by molar-refractivity contribution is 14.0. The zero-order valence-corrected chi connectivity index (χ0v) is 18.3. The third-order valence-electron chi connectivity index (χ3n) is 3.32. The molecule has 0 unspecified atom stereocenters. The van der Waals surface area contributed by atoms with Crippen LogP contribution in [0.4, 0.5) is 0 Å². The molecule has 0 atom stereocenters. The molecule has 0 heterocycles. The average molecular weight is 473 g/mol. The zero-order valence-electron chi connectivity index (χ0n) is 16.0. The minimum absolute atomic E-state index is 0. The number of guanidine groups is 1. The molecule has 0 aliphatic carbocycles. The lowest BCUT2D eigenvalue weighted by molar-refractivity contribution is -0.143. The number of aliphatic imine (C=N–C) groups is 1. The lowest BCUT2D eigenvalue weighted by Crippen LogP contribution is -2.38. The molecule has 0 aromatic rings.